The van der Waals surface area contributed by atoms with E-state index in [1.807, 2.05) is 19.1 Å². The third kappa shape index (κ3) is 2.93. The van der Waals surface area contributed by atoms with Gasteiger partial charge in [-0.2, -0.15) is 0 Å². The van der Waals surface area contributed by atoms with E-state index in [1.165, 1.54) is 12.1 Å². The van der Waals surface area contributed by atoms with Crippen LogP contribution in [0.25, 0.3) is 0 Å². The van der Waals surface area contributed by atoms with Crippen molar-refractivity contribution in [2.45, 2.75) is 19.8 Å². The highest BCUT2D eigenvalue weighted by molar-refractivity contribution is 5.33. The maximum absolute atomic E-state index is 10.5. The smallest absolute Gasteiger partial charge is 0.269 e. The molecule has 0 saturated carbocycles. The summed E-state index contributed by atoms with van der Waals surface area (Å²) in [6, 6.07) is 10.5. The molecular formula is C13H13NO3. The van der Waals surface area contributed by atoms with Gasteiger partial charge < -0.3 is 4.42 Å². The SMILES string of the molecule is Cc1ccc(CCc2ccc([N+](=O)[O-])cc2)o1. The van der Waals surface area contributed by atoms with E-state index in [1.54, 1.807) is 12.1 Å². The Labute approximate surface area is 99.0 Å². The van der Waals surface area contributed by atoms with Crippen molar-refractivity contribution in [3.63, 3.8) is 0 Å². The molecule has 0 radical (unpaired) electrons. The molecule has 0 amide bonds. The lowest BCUT2D eigenvalue weighted by molar-refractivity contribution is -0.384. The zero-order valence-electron chi connectivity index (χ0n) is 9.55. The molecule has 0 aliphatic rings. The molecule has 0 saturated heterocycles. The van der Waals surface area contributed by atoms with E-state index in [9.17, 15) is 10.1 Å². The van der Waals surface area contributed by atoms with Gasteiger partial charge in [-0.1, -0.05) is 12.1 Å². The van der Waals surface area contributed by atoms with E-state index >= 15 is 0 Å². The molecule has 4 heteroatoms. The summed E-state index contributed by atoms with van der Waals surface area (Å²) in [6.07, 6.45) is 1.64. The van der Waals surface area contributed by atoms with Gasteiger partial charge in [0, 0.05) is 18.6 Å². The van der Waals surface area contributed by atoms with Crippen molar-refractivity contribution in [3.05, 3.63) is 63.6 Å². The third-order valence-electron chi connectivity index (χ3n) is 2.60. The summed E-state index contributed by atoms with van der Waals surface area (Å²) in [7, 11) is 0. The molecule has 2 rings (SSSR count). The number of hydrogen-bond donors (Lipinski definition) is 0. The number of furan rings is 1. The summed E-state index contributed by atoms with van der Waals surface area (Å²) >= 11 is 0. The lowest BCUT2D eigenvalue weighted by atomic mass is 10.1. The number of aryl methyl sites for hydroxylation is 3. The second-order valence-corrected chi connectivity index (χ2v) is 3.94. The Morgan fingerprint density at radius 1 is 1.12 bits per heavy atom. The maximum atomic E-state index is 10.5. The van der Waals surface area contributed by atoms with Gasteiger partial charge in [0.05, 0.1) is 4.92 Å². The van der Waals surface area contributed by atoms with Crippen LogP contribution in [0, 0.1) is 17.0 Å². The van der Waals surface area contributed by atoms with Crippen LogP contribution in [0.4, 0.5) is 5.69 Å². The summed E-state index contributed by atoms with van der Waals surface area (Å²) in [5, 5.41) is 10.5. The van der Waals surface area contributed by atoms with Crippen LogP contribution < -0.4 is 0 Å². The first-order valence-electron chi connectivity index (χ1n) is 5.44. The summed E-state index contributed by atoms with van der Waals surface area (Å²) in [5.41, 5.74) is 1.20. The minimum absolute atomic E-state index is 0.127. The molecule has 0 atom stereocenters. The number of nitro benzene ring substituents is 1. The summed E-state index contributed by atoms with van der Waals surface area (Å²) in [4.78, 5) is 10.1. The topological polar surface area (TPSA) is 56.3 Å². The molecule has 2 aromatic rings. The Hall–Kier alpha value is -2.10. The predicted octanol–water partition coefficient (Wildman–Crippen LogP) is 3.28. The number of hydrogen-bond acceptors (Lipinski definition) is 3. The fourth-order valence-electron chi connectivity index (χ4n) is 1.67. The van der Waals surface area contributed by atoms with Crippen molar-refractivity contribution < 1.29 is 9.34 Å². The van der Waals surface area contributed by atoms with Gasteiger partial charge in [0.15, 0.2) is 0 Å². The average Bonchev–Trinajstić information content (AvgIpc) is 2.73. The zero-order chi connectivity index (χ0) is 12.3. The molecule has 0 fully saturated rings. The molecule has 0 spiro atoms. The van der Waals surface area contributed by atoms with Crippen LogP contribution >= 0.6 is 0 Å². The Balaban J connectivity index is 1.97. The molecule has 0 unspecified atom stereocenters. The molecule has 1 aromatic carbocycles. The molecule has 17 heavy (non-hydrogen) atoms. The summed E-state index contributed by atoms with van der Waals surface area (Å²) < 4.78 is 5.46. The molecule has 0 N–H and O–H groups in total. The standard InChI is InChI=1S/C13H13NO3/c1-10-2-8-13(17-10)9-5-11-3-6-12(7-4-11)14(15)16/h2-4,6-8H,5,9H2,1H3. The average molecular weight is 231 g/mol. The van der Waals surface area contributed by atoms with E-state index in [0.29, 0.717) is 0 Å². The first kappa shape index (κ1) is 11.4. The lowest BCUT2D eigenvalue weighted by Crippen LogP contribution is -1.91. The number of rotatable bonds is 4. The highest BCUT2D eigenvalue weighted by Gasteiger charge is 2.04. The van der Waals surface area contributed by atoms with Crippen molar-refractivity contribution in [2.24, 2.45) is 0 Å². The van der Waals surface area contributed by atoms with Crippen LogP contribution in [0.1, 0.15) is 17.1 Å². The molecular weight excluding hydrogens is 218 g/mol. The van der Waals surface area contributed by atoms with Crippen molar-refractivity contribution in [1.29, 1.82) is 0 Å². The van der Waals surface area contributed by atoms with E-state index < -0.39 is 0 Å². The normalized spacial score (nSPS) is 10.4. The van der Waals surface area contributed by atoms with Crippen molar-refractivity contribution in [3.8, 4) is 0 Å². The fourth-order valence-corrected chi connectivity index (χ4v) is 1.67. The molecule has 0 aliphatic heterocycles. The second kappa shape index (κ2) is 4.82. The van der Waals surface area contributed by atoms with Crippen molar-refractivity contribution in [1.82, 2.24) is 0 Å². The van der Waals surface area contributed by atoms with Gasteiger partial charge >= 0.3 is 0 Å². The number of nitrogens with zero attached hydrogens (tertiary/aromatic N) is 1. The second-order valence-electron chi connectivity index (χ2n) is 3.94. The predicted molar refractivity (Wildman–Crippen MR) is 63.9 cm³/mol. The Bertz CT molecular complexity index is 514. The molecule has 1 aromatic heterocycles. The Kier molecular flexibility index (Phi) is 3.23. The van der Waals surface area contributed by atoms with Gasteiger partial charge in [-0.15, -0.1) is 0 Å². The molecule has 4 nitrogen and oxygen atoms in total. The molecule has 88 valence electrons. The minimum Gasteiger partial charge on any atom is -0.466 e. The Morgan fingerprint density at radius 2 is 1.82 bits per heavy atom. The fraction of sp³-hybridized carbons (Fsp3) is 0.231. The van der Waals surface area contributed by atoms with E-state index in [0.717, 1.165) is 29.9 Å². The van der Waals surface area contributed by atoms with Crippen LogP contribution in [0.15, 0.2) is 40.8 Å². The quantitative estimate of drug-likeness (QED) is 0.599. The zero-order valence-corrected chi connectivity index (χ0v) is 9.55. The summed E-state index contributed by atoms with van der Waals surface area (Å²) in [6.45, 7) is 1.91. The lowest BCUT2D eigenvalue weighted by Gasteiger charge is -1.99. The molecule has 1 heterocycles. The van der Waals surface area contributed by atoms with Crippen LogP contribution in [0.2, 0.25) is 0 Å². The van der Waals surface area contributed by atoms with Crippen molar-refractivity contribution >= 4 is 5.69 Å². The number of nitro groups is 1. The first-order chi connectivity index (χ1) is 8.15. The number of benzene rings is 1. The minimum atomic E-state index is -0.389. The van der Waals surface area contributed by atoms with Crippen LogP contribution in [-0.2, 0) is 12.8 Å². The van der Waals surface area contributed by atoms with Crippen LogP contribution in [0.3, 0.4) is 0 Å². The first-order valence-corrected chi connectivity index (χ1v) is 5.44. The van der Waals surface area contributed by atoms with Crippen LogP contribution in [-0.4, -0.2) is 4.92 Å². The largest absolute Gasteiger partial charge is 0.466 e. The number of non-ortho nitro benzene ring substituents is 1. The van der Waals surface area contributed by atoms with Crippen molar-refractivity contribution in [2.75, 3.05) is 0 Å². The maximum Gasteiger partial charge on any atom is 0.269 e. The van der Waals surface area contributed by atoms with Gasteiger partial charge in [-0.3, -0.25) is 10.1 Å². The highest BCUT2D eigenvalue weighted by Crippen LogP contribution is 2.14. The van der Waals surface area contributed by atoms with Gasteiger partial charge in [0.1, 0.15) is 11.5 Å². The van der Waals surface area contributed by atoms with Gasteiger partial charge in [0.25, 0.3) is 5.69 Å². The van der Waals surface area contributed by atoms with E-state index in [2.05, 4.69) is 0 Å². The van der Waals surface area contributed by atoms with Crippen LogP contribution in [0.5, 0.6) is 0 Å². The van der Waals surface area contributed by atoms with Gasteiger partial charge in [-0.25, -0.2) is 0 Å². The van der Waals surface area contributed by atoms with Gasteiger partial charge in [0.2, 0.25) is 0 Å². The summed E-state index contributed by atoms with van der Waals surface area (Å²) in [5.74, 6) is 1.85. The van der Waals surface area contributed by atoms with E-state index in [4.69, 9.17) is 4.42 Å². The molecule has 0 aliphatic carbocycles. The van der Waals surface area contributed by atoms with E-state index in [-0.39, 0.29) is 10.6 Å². The van der Waals surface area contributed by atoms with Gasteiger partial charge in [-0.05, 0) is 31.0 Å². The monoisotopic (exact) mass is 231 g/mol. The third-order valence-corrected chi connectivity index (χ3v) is 2.60. The highest BCUT2D eigenvalue weighted by atomic mass is 16.6. The molecule has 0 bridgehead atoms. The Morgan fingerprint density at radius 3 is 2.35 bits per heavy atom.